The Bertz CT molecular complexity index is 1510. The normalized spacial score (nSPS) is 11.4. The molecule has 0 aliphatic rings. The molecule has 0 saturated carbocycles. The summed E-state index contributed by atoms with van der Waals surface area (Å²) in [4.78, 5) is 25.1. The highest BCUT2D eigenvalue weighted by Gasteiger charge is 2.31. The van der Waals surface area contributed by atoms with Crippen LogP contribution in [0.15, 0.2) is 52.0 Å². The molecule has 0 aliphatic carbocycles. The number of thioether (sulfide) groups is 2. The highest BCUT2D eigenvalue weighted by atomic mass is 35.5. The summed E-state index contributed by atoms with van der Waals surface area (Å²) in [5.74, 6) is -1.50. The summed E-state index contributed by atoms with van der Waals surface area (Å²) in [6.07, 6.45) is -4.62. The van der Waals surface area contributed by atoms with Crippen molar-refractivity contribution in [3.63, 3.8) is 0 Å². The molecule has 0 spiro atoms. The molecule has 2 heterocycles. The van der Waals surface area contributed by atoms with E-state index in [2.05, 4.69) is 31.0 Å². The topological polar surface area (TPSA) is 115 Å². The van der Waals surface area contributed by atoms with Crippen LogP contribution in [0.4, 0.5) is 22.7 Å². The Hall–Kier alpha value is -3.21. The number of anilines is 1. The molecule has 0 bridgehead atoms. The van der Waals surface area contributed by atoms with Crippen molar-refractivity contribution in [2.75, 3.05) is 16.8 Å². The lowest BCUT2D eigenvalue weighted by molar-refractivity contribution is -0.137. The molecule has 9 nitrogen and oxygen atoms in total. The Morgan fingerprint density at radius 3 is 2.58 bits per heavy atom. The molecule has 4 rings (SSSR count). The van der Waals surface area contributed by atoms with Crippen LogP contribution in [0.5, 0.6) is 0 Å². The molecule has 17 heteroatoms. The van der Waals surface area contributed by atoms with E-state index in [-0.39, 0.29) is 34.0 Å². The summed E-state index contributed by atoms with van der Waals surface area (Å²) < 4.78 is 56.4. The van der Waals surface area contributed by atoms with Crippen LogP contribution in [0.3, 0.4) is 0 Å². The van der Waals surface area contributed by atoms with Gasteiger partial charge in [0.15, 0.2) is 15.3 Å². The summed E-state index contributed by atoms with van der Waals surface area (Å²) in [7, 11) is 0. The Morgan fingerprint density at radius 2 is 1.85 bits per heavy atom. The van der Waals surface area contributed by atoms with Gasteiger partial charge in [-0.25, -0.2) is 4.39 Å². The van der Waals surface area contributed by atoms with E-state index in [4.69, 9.17) is 11.6 Å². The lowest BCUT2D eigenvalue weighted by Gasteiger charge is -2.14. The highest BCUT2D eigenvalue weighted by Crippen LogP contribution is 2.32. The van der Waals surface area contributed by atoms with Gasteiger partial charge in [-0.15, -0.1) is 20.4 Å². The third kappa shape index (κ3) is 7.30. The number of hydrogen-bond donors (Lipinski definition) is 2. The van der Waals surface area contributed by atoms with Crippen molar-refractivity contribution in [1.82, 2.24) is 30.3 Å². The van der Waals surface area contributed by atoms with Gasteiger partial charge in [-0.3, -0.25) is 19.5 Å². The van der Waals surface area contributed by atoms with Gasteiger partial charge in [-0.05, 0) is 36.1 Å². The molecule has 210 valence electrons. The molecule has 2 amide bonds. The van der Waals surface area contributed by atoms with Crippen molar-refractivity contribution in [1.29, 1.82) is 0 Å². The van der Waals surface area contributed by atoms with Gasteiger partial charge in [-0.1, -0.05) is 65.5 Å². The number of nitrogens with one attached hydrogen (secondary N) is 2. The second kappa shape index (κ2) is 13.0. The molecule has 0 radical (unpaired) electrons. The van der Waals surface area contributed by atoms with E-state index < -0.39 is 34.9 Å². The molecule has 2 aromatic heterocycles. The molecule has 0 saturated heterocycles. The number of alkyl halides is 3. The zero-order valence-electron chi connectivity index (χ0n) is 20.3. The predicted octanol–water partition coefficient (Wildman–Crippen LogP) is 5.70. The number of aromatic nitrogens is 5. The quantitative estimate of drug-likeness (QED) is 0.130. The fourth-order valence-corrected chi connectivity index (χ4v) is 5.96. The SMILES string of the molecule is CCSc1nnc(NC(=O)CSc2nnc(CNC(=O)c3c(F)cccc3Cl)n2-c2cccc(C(F)(F)F)c2)s1. The van der Waals surface area contributed by atoms with Gasteiger partial charge in [-0.2, -0.15) is 13.2 Å². The lowest BCUT2D eigenvalue weighted by Crippen LogP contribution is -2.26. The smallest absolute Gasteiger partial charge is 0.345 e. The lowest BCUT2D eigenvalue weighted by atomic mass is 10.2. The summed E-state index contributed by atoms with van der Waals surface area (Å²) in [6.45, 7) is 1.62. The fourth-order valence-electron chi connectivity index (χ4n) is 3.28. The number of halogens is 5. The number of carbonyl (C=O) groups is 2. The van der Waals surface area contributed by atoms with Gasteiger partial charge in [0.2, 0.25) is 11.0 Å². The first-order valence-corrected chi connectivity index (χ1v) is 14.5. The van der Waals surface area contributed by atoms with E-state index in [1.165, 1.54) is 51.9 Å². The molecule has 0 fully saturated rings. The molecule has 2 aromatic carbocycles. The third-order valence-electron chi connectivity index (χ3n) is 4.98. The number of carbonyl (C=O) groups excluding carboxylic acids is 2. The van der Waals surface area contributed by atoms with E-state index >= 15 is 0 Å². The zero-order valence-corrected chi connectivity index (χ0v) is 23.5. The minimum Gasteiger partial charge on any atom is -0.345 e. The minimum atomic E-state index is -4.62. The Balaban J connectivity index is 1.56. The van der Waals surface area contributed by atoms with Gasteiger partial charge >= 0.3 is 6.18 Å². The maximum absolute atomic E-state index is 14.2. The van der Waals surface area contributed by atoms with Gasteiger partial charge in [0.25, 0.3) is 5.91 Å². The number of amides is 2. The second-order valence-electron chi connectivity index (χ2n) is 7.70. The van der Waals surface area contributed by atoms with E-state index in [1.807, 2.05) is 6.92 Å². The average molecular weight is 632 g/mol. The van der Waals surface area contributed by atoms with Crippen molar-refractivity contribution < 1.29 is 27.2 Å². The number of benzene rings is 2. The van der Waals surface area contributed by atoms with Crippen molar-refractivity contribution in [3.05, 3.63) is 70.3 Å². The Labute approximate surface area is 242 Å². The molecule has 0 unspecified atom stereocenters. The standard InChI is InChI=1S/C23H18ClF4N7O2S3/c1-2-38-22-34-32-20(40-22)30-17(36)11-39-21-33-31-16(10-29-19(37)18-14(24)7-4-8-15(18)25)35(21)13-6-3-5-12(9-13)23(26,27)28/h3-9H,2,10-11H2,1H3,(H,29,37)(H,30,32,36). The van der Waals surface area contributed by atoms with Gasteiger partial charge in [0.05, 0.1) is 34.1 Å². The summed E-state index contributed by atoms with van der Waals surface area (Å²) in [6, 6.07) is 8.15. The summed E-state index contributed by atoms with van der Waals surface area (Å²) >= 11 is 9.54. The van der Waals surface area contributed by atoms with E-state index in [0.29, 0.717) is 9.47 Å². The second-order valence-corrected chi connectivity index (χ2v) is 11.5. The third-order valence-corrected chi connectivity index (χ3v) is 8.08. The highest BCUT2D eigenvalue weighted by molar-refractivity contribution is 8.01. The van der Waals surface area contributed by atoms with Crippen LogP contribution in [0.1, 0.15) is 28.7 Å². The Kier molecular flexibility index (Phi) is 9.65. The zero-order chi connectivity index (χ0) is 28.9. The first-order chi connectivity index (χ1) is 19.1. The largest absolute Gasteiger partial charge is 0.416 e. The number of rotatable bonds is 10. The van der Waals surface area contributed by atoms with Crippen LogP contribution >= 0.6 is 46.5 Å². The van der Waals surface area contributed by atoms with Crippen molar-refractivity contribution in [3.8, 4) is 5.69 Å². The van der Waals surface area contributed by atoms with Crippen LogP contribution in [0.2, 0.25) is 5.02 Å². The van der Waals surface area contributed by atoms with Gasteiger partial charge in [0, 0.05) is 0 Å². The summed E-state index contributed by atoms with van der Waals surface area (Å²) in [5.41, 5.74) is -1.27. The van der Waals surface area contributed by atoms with Crippen molar-refractivity contribution in [2.24, 2.45) is 0 Å². The average Bonchev–Trinajstić information content (AvgIpc) is 3.52. The maximum atomic E-state index is 14.2. The monoisotopic (exact) mass is 631 g/mol. The summed E-state index contributed by atoms with van der Waals surface area (Å²) in [5, 5.41) is 21.2. The van der Waals surface area contributed by atoms with Gasteiger partial charge in [0.1, 0.15) is 5.82 Å². The van der Waals surface area contributed by atoms with Crippen LogP contribution in [-0.2, 0) is 17.5 Å². The molecule has 2 N–H and O–H groups in total. The predicted molar refractivity (Wildman–Crippen MR) is 145 cm³/mol. The van der Waals surface area contributed by atoms with Crippen LogP contribution in [0, 0.1) is 5.82 Å². The van der Waals surface area contributed by atoms with Crippen molar-refractivity contribution in [2.45, 2.75) is 29.1 Å². The molecular formula is C23H18ClF4N7O2S3. The van der Waals surface area contributed by atoms with E-state index in [1.54, 1.807) is 0 Å². The fraction of sp³-hybridized carbons (Fsp3) is 0.217. The van der Waals surface area contributed by atoms with Gasteiger partial charge < -0.3 is 5.32 Å². The Morgan fingerprint density at radius 1 is 1.07 bits per heavy atom. The molecule has 40 heavy (non-hydrogen) atoms. The van der Waals surface area contributed by atoms with E-state index in [9.17, 15) is 27.2 Å². The molecular weight excluding hydrogens is 614 g/mol. The number of hydrogen-bond acceptors (Lipinski definition) is 9. The molecule has 4 aromatic rings. The maximum Gasteiger partial charge on any atom is 0.416 e. The first-order valence-electron chi connectivity index (χ1n) is 11.3. The number of nitrogens with zero attached hydrogens (tertiary/aromatic N) is 5. The van der Waals surface area contributed by atoms with Crippen LogP contribution < -0.4 is 10.6 Å². The van der Waals surface area contributed by atoms with Crippen LogP contribution in [-0.4, -0.2) is 48.3 Å². The first kappa shape index (κ1) is 29.8. The minimum absolute atomic E-state index is 0.0356. The molecule has 0 atom stereocenters. The van der Waals surface area contributed by atoms with Crippen molar-refractivity contribution >= 4 is 63.4 Å². The molecule has 0 aliphatic heterocycles. The van der Waals surface area contributed by atoms with Crippen LogP contribution in [0.25, 0.3) is 5.69 Å². The van der Waals surface area contributed by atoms with E-state index in [0.717, 1.165) is 35.7 Å².